The number of thiazole rings is 1. The molecule has 1 aliphatic heterocycles. The molecule has 1 saturated carbocycles. The predicted molar refractivity (Wildman–Crippen MR) is 95.0 cm³/mol. The molecule has 0 radical (unpaired) electrons. The topological polar surface area (TPSA) is 86.5 Å². The minimum Gasteiger partial charge on any atom is -0.486 e. The van der Waals surface area contributed by atoms with Crippen molar-refractivity contribution in [2.45, 2.75) is 37.8 Å². The fraction of sp³-hybridized carbons (Fsp3) is 0.444. The zero-order valence-corrected chi connectivity index (χ0v) is 14.7. The summed E-state index contributed by atoms with van der Waals surface area (Å²) in [4.78, 5) is 17.0. The van der Waals surface area contributed by atoms with Crippen molar-refractivity contribution in [3.63, 3.8) is 0 Å². The van der Waals surface area contributed by atoms with Crippen LogP contribution in [0.2, 0.25) is 0 Å². The van der Waals surface area contributed by atoms with E-state index in [4.69, 9.17) is 15.2 Å². The van der Waals surface area contributed by atoms with E-state index < -0.39 is 0 Å². The van der Waals surface area contributed by atoms with Gasteiger partial charge < -0.3 is 20.5 Å². The fourth-order valence-corrected chi connectivity index (χ4v) is 4.25. The first-order chi connectivity index (χ1) is 12.2. The number of hydrogen-bond acceptors (Lipinski definition) is 6. The van der Waals surface area contributed by atoms with Crippen molar-refractivity contribution in [1.82, 2.24) is 10.3 Å². The smallest absolute Gasteiger partial charge is 0.271 e. The lowest BCUT2D eigenvalue weighted by Crippen LogP contribution is -2.44. The van der Waals surface area contributed by atoms with Gasteiger partial charge >= 0.3 is 0 Å². The molecule has 0 bridgehead atoms. The Hall–Kier alpha value is -2.12. The van der Waals surface area contributed by atoms with Crippen LogP contribution in [0.3, 0.4) is 0 Å². The second kappa shape index (κ2) is 6.65. The van der Waals surface area contributed by atoms with E-state index in [-0.39, 0.29) is 11.4 Å². The zero-order chi connectivity index (χ0) is 17.3. The normalized spacial score (nSPS) is 18.1. The highest BCUT2D eigenvalue weighted by Crippen LogP contribution is 2.42. The molecule has 7 heteroatoms. The predicted octanol–water partition coefficient (Wildman–Crippen LogP) is 2.57. The van der Waals surface area contributed by atoms with Crippen molar-refractivity contribution < 1.29 is 14.3 Å². The molecule has 2 aliphatic rings. The van der Waals surface area contributed by atoms with Gasteiger partial charge in [-0.25, -0.2) is 4.98 Å². The molecule has 2 aromatic rings. The van der Waals surface area contributed by atoms with Crippen LogP contribution in [0.1, 0.15) is 46.7 Å². The molecule has 1 aliphatic carbocycles. The molecular weight excluding hydrogens is 338 g/mol. The van der Waals surface area contributed by atoms with Gasteiger partial charge in [-0.3, -0.25) is 4.79 Å². The van der Waals surface area contributed by atoms with Gasteiger partial charge in [0.05, 0.1) is 5.54 Å². The molecule has 0 unspecified atom stereocenters. The number of aromatic nitrogens is 1. The van der Waals surface area contributed by atoms with Crippen LogP contribution >= 0.6 is 11.3 Å². The largest absolute Gasteiger partial charge is 0.486 e. The Morgan fingerprint density at radius 1 is 1.24 bits per heavy atom. The maximum absolute atomic E-state index is 12.7. The van der Waals surface area contributed by atoms with Gasteiger partial charge in [-0.15, -0.1) is 11.3 Å². The van der Waals surface area contributed by atoms with Gasteiger partial charge in [0.2, 0.25) is 0 Å². The van der Waals surface area contributed by atoms with E-state index in [1.165, 1.54) is 11.3 Å². The molecule has 0 saturated heterocycles. The highest BCUT2D eigenvalue weighted by atomic mass is 32.1. The molecule has 2 heterocycles. The Morgan fingerprint density at radius 2 is 2.00 bits per heavy atom. The Bertz CT molecular complexity index is 784. The van der Waals surface area contributed by atoms with Gasteiger partial charge in [0.15, 0.2) is 11.5 Å². The summed E-state index contributed by atoms with van der Waals surface area (Å²) in [5, 5.41) is 5.77. The molecule has 1 fully saturated rings. The summed E-state index contributed by atoms with van der Waals surface area (Å²) in [7, 11) is 0. The van der Waals surface area contributed by atoms with Gasteiger partial charge in [0.25, 0.3) is 5.91 Å². The zero-order valence-electron chi connectivity index (χ0n) is 13.9. The Balaban J connectivity index is 1.62. The number of carbonyl (C=O) groups is 1. The third-order valence-corrected chi connectivity index (χ3v) is 5.73. The average Bonchev–Trinajstić information content (AvgIpc) is 3.31. The molecule has 1 aromatic heterocycles. The van der Waals surface area contributed by atoms with Crippen LogP contribution in [0.15, 0.2) is 23.6 Å². The van der Waals surface area contributed by atoms with Crippen LogP contribution in [-0.4, -0.2) is 24.1 Å². The molecule has 3 N–H and O–H groups in total. The SMILES string of the molecule is NCc1nc(C(=O)NC2(c3ccc4c(c3)OCCO4)CCCC2)cs1. The number of fused-ring (bicyclic) bond motifs is 1. The third-order valence-electron chi connectivity index (χ3n) is 4.86. The molecule has 132 valence electrons. The second-order valence-electron chi connectivity index (χ2n) is 6.43. The van der Waals surface area contributed by atoms with E-state index in [2.05, 4.69) is 10.3 Å². The van der Waals surface area contributed by atoms with Crippen LogP contribution in [0, 0.1) is 0 Å². The summed E-state index contributed by atoms with van der Waals surface area (Å²) < 4.78 is 11.3. The van der Waals surface area contributed by atoms with E-state index in [0.717, 1.165) is 47.8 Å². The van der Waals surface area contributed by atoms with E-state index in [1.807, 2.05) is 18.2 Å². The number of benzene rings is 1. The molecule has 4 rings (SSSR count). The van der Waals surface area contributed by atoms with Crippen molar-refractivity contribution in [2.24, 2.45) is 5.73 Å². The average molecular weight is 359 g/mol. The summed E-state index contributed by atoms with van der Waals surface area (Å²) in [5.41, 5.74) is 6.73. The number of nitrogens with zero attached hydrogens (tertiary/aromatic N) is 1. The van der Waals surface area contributed by atoms with Gasteiger partial charge in [-0.1, -0.05) is 18.9 Å². The van der Waals surface area contributed by atoms with Gasteiger partial charge in [0, 0.05) is 11.9 Å². The minimum absolute atomic E-state index is 0.146. The lowest BCUT2D eigenvalue weighted by Gasteiger charge is -2.32. The van der Waals surface area contributed by atoms with Crippen LogP contribution in [0.4, 0.5) is 0 Å². The van der Waals surface area contributed by atoms with Gasteiger partial charge in [0.1, 0.15) is 23.9 Å². The van der Waals surface area contributed by atoms with E-state index in [9.17, 15) is 4.79 Å². The molecular formula is C18H21N3O3S. The number of amides is 1. The molecule has 1 amide bonds. The lowest BCUT2D eigenvalue weighted by atomic mass is 9.87. The quantitative estimate of drug-likeness (QED) is 0.876. The summed E-state index contributed by atoms with van der Waals surface area (Å²) >= 11 is 1.42. The van der Waals surface area contributed by atoms with Gasteiger partial charge in [-0.05, 0) is 30.5 Å². The standard InChI is InChI=1S/C18H21N3O3S/c19-10-16-20-13(11-25-16)17(22)21-18(5-1-2-6-18)12-3-4-14-15(9-12)24-8-7-23-14/h3-4,9,11H,1-2,5-8,10,19H2,(H,21,22). The Morgan fingerprint density at radius 3 is 2.72 bits per heavy atom. The number of nitrogens with one attached hydrogen (secondary N) is 1. The summed E-state index contributed by atoms with van der Waals surface area (Å²) in [6.45, 7) is 1.48. The van der Waals surface area contributed by atoms with E-state index >= 15 is 0 Å². The number of rotatable bonds is 4. The molecule has 6 nitrogen and oxygen atoms in total. The number of ether oxygens (including phenoxy) is 2. The highest BCUT2D eigenvalue weighted by molar-refractivity contribution is 7.09. The van der Waals surface area contributed by atoms with Crippen molar-refractivity contribution in [3.8, 4) is 11.5 Å². The second-order valence-corrected chi connectivity index (χ2v) is 7.38. The first-order valence-electron chi connectivity index (χ1n) is 8.57. The van der Waals surface area contributed by atoms with E-state index in [1.54, 1.807) is 5.38 Å². The maximum atomic E-state index is 12.7. The Kier molecular flexibility index (Phi) is 4.35. The summed E-state index contributed by atoms with van der Waals surface area (Å²) in [6, 6.07) is 5.98. The third kappa shape index (κ3) is 3.09. The molecule has 0 spiro atoms. The summed E-state index contributed by atoms with van der Waals surface area (Å²) in [6.07, 6.45) is 3.98. The first kappa shape index (κ1) is 16.4. The van der Waals surface area contributed by atoms with Crippen LogP contribution in [0.25, 0.3) is 0 Å². The van der Waals surface area contributed by atoms with Gasteiger partial charge in [-0.2, -0.15) is 0 Å². The number of carbonyl (C=O) groups excluding carboxylic acids is 1. The lowest BCUT2D eigenvalue weighted by molar-refractivity contribution is 0.0893. The highest BCUT2D eigenvalue weighted by Gasteiger charge is 2.38. The van der Waals surface area contributed by atoms with E-state index in [0.29, 0.717) is 25.5 Å². The van der Waals surface area contributed by atoms with Crippen LogP contribution in [-0.2, 0) is 12.1 Å². The fourth-order valence-electron chi connectivity index (χ4n) is 3.60. The number of hydrogen-bond donors (Lipinski definition) is 2. The van der Waals surface area contributed by atoms with Crippen LogP contribution in [0.5, 0.6) is 11.5 Å². The molecule has 0 atom stereocenters. The van der Waals surface area contributed by atoms with Crippen LogP contribution < -0.4 is 20.5 Å². The summed E-state index contributed by atoms with van der Waals surface area (Å²) in [5.74, 6) is 1.37. The monoisotopic (exact) mass is 359 g/mol. The van der Waals surface area contributed by atoms with Crippen molar-refractivity contribution >= 4 is 17.2 Å². The first-order valence-corrected chi connectivity index (χ1v) is 9.45. The number of nitrogens with two attached hydrogens (primary N) is 1. The van der Waals surface area contributed by atoms with Crippen molar-refractivity contribution in [3.05, 3.63) is 39.8 Å². The minimum atomic E-state index is -0.376. The molecule has 1 aromatic carbocycles. The van der Waals surface area contributed by atoms with Crippen molar-refractivity contribution in [1.29, 1.82) is 0 Å². The Labute approximate surface area is 150 Å². The molecule has 25 heavy (non-hydrogen) atoms. The van der Waals surface area contributed by atoms with Crippen molar-refractivity contribution in [2.75, 3.05) is 13.2 Å². The maximum Gasteiger partial charge on any atom is 0.271 e.